The van der Waals surface area contributed by atoms with E-state index in [0.29, 0.717) is 19.4 Å². The van der Waals surface area contributed by atoms with E-state index in [9.17, 15) is 4.79 Å². The molecule has 0 radical (unpaired) electrons. The Labute approximate surface area is 159 Å². The van der Waals surface area contributed by atoms with Crippen LogP contribution in [0.15, 0.2) is 54.6 Å². The van der Waals surface area contributed by atoms with E-state index in [-0.39, 0.29) is 11.9 Å². The number of likely N-dealkylation sites (tertiary alicyclic amines) is 1. The molecule has 5 nitrogen and oxygen atoms in total. The number of piperidine rings is 1. The fourth-order valence-electron chi connectivity index (χ4n) is 4.05. The molecule has 3 aromatic rings. The van der Waals surface area contributed by atoms with E-state index in [0.717, 1.165) is 48.4 Å². The number of aromatic nitrogens is 2. The van der Waals surface area contributed by atoms with Gasteiger partial charge in [0.25, 0.3) is 0 Å². The highest BCUT2D eigenvalue weighted by atomic mass is 16.2. The first-order chi connectivity index (χ1) is 13.3. The number of hydrogen-bond acceptors (Lipinski definition) is 3. The van der Waals surface area contributed by atoms with Gasteiger partial charge in [-0.3, -0.25) is 9.36 Å². The summed E-state index contributed by atoms with van der Waals surface area (Å²) in [4.78, 5) is 19.6. The molecule has 1 saturated heterocycles. The fraction of sp³-hybridized carbons (Fsp3) is 0.364. The van der Waals surface area contributed by atoms with E-state index < -0.39 is 0 Å². The maximum absolute atomic E-state index is 12.8. The Morgan fingerprint density at radius 2 is 1.85 bits per heavy atom. The van der Waals surface area contributed by atoms with Crippen molar-refractivity contribution in [3.05, 3.63) is 60.4 Å². The smallest absolute Gasteiger partial charge is 0.223 e. The van der Waals surface area contributed by atoms with E-state index in [4.69, 9.17) is 10.7 Å². The Hall–Kier alpha value is -2.66. The molecule has 2 N–H and O–H groups in total. The number of benzene rings is 2. The van der Waals surface area contributed by atoms with Crippen molar-refractivity contribution in [2.45, 2.75) is 38.1 Å². The number of carbonyl (C=O) groups is 1. The second-order valence-electron chi connectivity index (χ2n) is 7.16. The fourth-order valence-corrected chi connectivity index (χ4v) is 4.05. The number of aryl methyl sites for hydroxylation is 1. The molecule has 0 saturated carbocycles. The van der Waals surface area contributed by atoms with Crippen molar-refractivity contribution in [2.24, 2.45) is 5.73 Å². The average Bonchev–Trinajstić information content (AvgIpc) is 3.11. The number of nitrogens with zero attached hydrogens (tertiary/aromatic N) is 3. The highest BCUT2D eigenvalue weighted by Crippen LogP contribution is 2.23. The van der Waals surface area contributed by atoms with Crippen molar-refractivity contribution < 1.29 is 4.79 Å². The van der Waals surface area contributed by atoms with Gasteiger partial charge in [-0.05, 0) is 43.5 Å². The van der Waals surface area contributed by atoms with Crippen LogP contribution in [0.2, 0.25) is 0 Å². The first-order valence-electron chi connectivity index (χ1n) is 9.79. The Bertz CT molecular complexity index is 918. The zero-order valence-corrected chi connectivity index (χ0v) is 15.6. The molecule has 1 unspecified atom stereocenters. The third-order valence-electron chi connectivity index (χ3n) is 5.43. The highest BCUT2D eigenvalue weighted by Gasteiger charge is 2.25. The number of nitrogens with two attached hydrogens (primary N) is 1. The normalized spacial score (nSPS) is 17.4. The number of carbonyl (C=O) groups excluding carboxylic acids is 1. The van der Waals surface area contributed by atoms with E-state index in [1.54, 1.807) is 0 Å². The summed E-state index contributed by atoms with van der Waals surface area (Å²) >= 11 is 0. The summed E-state index contributed by atoms with van der Waals surface area (Å²) in [5, 5.41) is 0. The summed E-state index contributed by atoms with van der Waals surface area (Å²) in [6, 6.07) is 18.5. The minimum atomic E-state index is 0.191. The van der Waals surface area contributed by atoms with Gasteiger partial charge in [-0.25, -0.2) is 4.98 Å². The Kier molecular flexibility index (Phi) is 5.21. The van der Waals surface area contributed by atoms with Crippen LogP contribution in [0, 0.1) is 0 Å². The van der Waals surface area contributed by atoms with Gasteiger partial charge in [0.2, 0.25) is 5.91 Å². The van der Waals surface area contributed by atoms with Gasteiger partial charge in [-0.2, -0.15) is 0 Å². The van der Waals surface area contributed by atoms with Gasteiger partial charge in [0, 0.05) is 37.7 Å². The lowest BCUT2D eigenvalue weighted by atomic mass is 10.0. The summed E-state index contributed by atoms with van der Waals surface area (Å²) in [6.07, 6.45) is 4.34. The third-order valence-corrected chi connectivity index (χ3v) is 5.43. The summed E-state index contributed by atoms with van der Waals surface area (Å²) in [5.74, 6) is 1.12. The monoisotopic (exact) mass is 362 g/mol. The van der Waals surface area contributed by atoms with Crippen LogP contribution in [0.25, 0.3) is 16.7 Å². The zero-order chi connectivity index (χ0) is 18.6. The number of rotatable bonds is 5. The Morgan fingerprint density at radius 1 is 1.07 bits per heavy atom. The van der Waals surface area contributed by atoms with Crippen molar-refractivity contribution >= 4 is 16.9 Å². The predicted octanol–water partition coefficient (Wildman–Crippen LogP) is 3.30. The van der Waals surface area contributed by atoms with Crippen molar-refractivity contribution in [1.82, 2.24) is 14.5 Å². The topological polar surface area (TPSA) is 64.2 Å². The zero-order valence-electron chi connectivity index (χ0n) is 15.6. The molecule has 0 aliphatic carbocycles. The highest BCUT2D eigenvalue weighted by molar-refractivity contribution is 5.79. The lowest BCUT2D eigenvalue weighted by Gasteiger charge is -2.35. The molecule has 1 aromatic heterocycles. The van der Waals surface area contributed by atoms with Crippen LogP contribution in [0.5, 0.6) is 0 Å². The van der Waals surface area contributed by atoms with E-state index >= 15 is 0 Å². The molecule has 4 rings (SSSR count). The van der Waals surface area contributed by atoms with Crippen LogP contribution in [-0.2, 0) is 11.2 Å². The van der Waals surface area contributed by atoms with Crippen molar-refractivity contribution in [1.29, 1.82) is 0 Å². The molecule has 1 amide bonds. The van der Waals surface area contributed by atoms with Gasteiger partial charge >= 0.3 is 0 Å². The van der Waals surface area contributed by atoms with E-state index in [2.05, 4.69) is 22.8 Å². The standard InChI is InChI=1S/C22H26N4O/c23-16-18-10-6-7-15-25(18)22(27)14-13-21-24-19-11-4-5-12-20(19)26(21)17-8-2-1-3-9-17/h1-5,8-9,11-12,18H,6-7,10,13-16,23H2. The van der Waals surface area contributed by atoms with Crippen molar-refractivity contribution in [3.63, 3.8) is 0 Å². The number of amides is 1. The Morgan fingerprint density at radius 3 is 2.67 bits per heavy atom. The minimum Gasteiger partial charge on any atom is -0.338 e. The molecule has 0 spiro atoms. The lowest BCUT2D eigenvalue weighted by Crippen LogP contribution is -2.47. The molecule has 1 atom stereocenters. The molecule has 2 heterocycles. The van der Waals surface area contributed by atoms with Gasteiger partial charge in [-0.1, -0.05) is 30.3 Å². The first kappa shape index (κ1) is 17.7. The van der Waals surface area contributed by atoms with Gasteiger partial charge in [0.1, 0.15) is 5.82 Å². The predicted molar refractivity (Wildman–Crippen MR) is 108 cm³/mol. The van der Waals surface area contributed by atoms with Crippen LogP contribution in [-0.4, -0.2) is 39.5 Å². The lowest BCUT2D eigenvalue weighted by molar-refractivity contribution is -0.134. The molecule has 1 fully saturated rings. The summed E-state index contributed by atoms with van der Waals surface area (Å²) in [7, 11) is 0. The largest absolute Gasteiger partial charge is 0.338 e. The SMILES string of the molecule is NCC1CCCCN1C(=O)CCc1nc2ccccc2n1-c1ccccc1. The minimum absolute atomic E-state index is 0.191. The Balaban J connectivity index is 1.60. The second-order valence-corrected chi connectivity index (χ2v) is 7.16. The number of para-hydroxylation sites is 3. The molecule has 27 heavy (non-hydrogen) atoms. The quantitative estimate of drug-likeness (QED) is 0.757. The maximum atomic E-state index is 12.8. The third kappa shape index (κ3) is 3.60. The van der Waals surface area contributed by atoms with Crippen LogP contribution in [0.1, 0.15) is 31.5 Å². The molecule has 2 aromatic carbocycles. The van der Waals surface area contributed by atoms with Gasteiger partial charge < -0.3 is 10.6 Å². The summed E-state index contributed by atoms with van der Waals surface area (Å²) < 4.78 is 2.17. The molecule has 0 bridgehead atoms. The number of fused-ring (bicyclic) bond motifs is 1. The molecular weight excluding hydrogens is 336 g/mol. The first-order valence-corrected chi connectivity index (χ1v) is 9.79. The van der Waals surface area contributed by atoms with Crippen molar-refractivity contribution in [3.8, 4) is 5.69 Å². The van der Waals surface area contributed by atoms with Crippen molar-refractivity contribution in [2.75, 3.05) is 13.1 Å². The van der Waals surface area contributed by atoms with Crippen LogP contribution in [0.4, 0.5) is 0 Å². The summed E-state index contributed by atoms with van der Waals surface area (Å²) in [5.41, 5.74) is 8.99. The second kappa shape index (κ2) is 7.92. The van der Waals surface area contributed by atoms with Gasteiger partial charge in [0.15, 0.2) is 0 Å². The molecular formula is C22H26N4O. The molecule has 1 aliphatic rings. The number of hydrogen-bond donors (Lipinski definition) is 1. The maximum Gasteiger partial charge on any atom is 0.223 e. The number of imidazole rings is 1. The molecule has 140 valence electrons. The van der Waals surface area contributed by atoms with E-state index in [1.807, 2.05) is 41.3 Å². The average molecular weight is 362 g/mol. The van der Waals surface area contributed by atoms with Crippen LogP contribution < -0.4 is 5.73 Å². The molecule has 1 aliphatic heterocycles. The molecule has 5 heteroatoms. The van der Waals surface area contributed by atoms with Crippen LogP contribution >= 0.6 is 0 Å². The van der Waals surface area contributed by atoms with Crippen LogP contribution in [0.3, 0.4) is 0 Å². The summed E-state index contributed by atoms with van der Waals surface area (Å²) in [6.45, 7) is 1.38. The van der Waals surface area contributed by atoms with E-state index in [1.165, 1.54) is 0 Å². The van der Waals surface area contributed by atoms with Gasteiger partial charge in [0.05, 0.1) is 11.0 Å². The van der Waals surface area contributed by atoms with Gasteiger partial charge in [-0.15, -0.1) is 0 Å².